The summed E-state index contributed by atoms with van der Waals surface area (Å²) in [7, 11) is 0. The molecular weight excluding hydrogens is 254 g/mol. The SMILES string of the molecule is CCCNC(c1ccc(Br)o1)C1CC1C. The van der Waals surface area contributed by atoms with E-state index in [4.69, 9.17) is 4.42 Å². The number of halogens is 1. The average molecular weight is 272 g/mol. The summed E-state index contributed by atoms with van der Waals surface area (Å²) in [5.74, 6) is 2.67. The van der Waals surface area contributed by atoms with Crippen molar-refractivity contribution in [3.05, 3.63) is 22.6 Å². The van der Waals surface area contributed by atoms with Crippen LogP contribution in [-0.2, 0) is 0 Å². The quantitative estimate of drug-likeness (QED) is 0.883. The summed E-state index contributed by atoms with van der Waals surface area (Å²) in [6.45, 7) is 5.56. The predicted molar refractivity (Wildman–Crippen MR) is 64.7 cm³/mol. The molecule has 2 rings (SSSR count). The van der Waals surface area contributed by atoms with Crippen LogP contribution in [-0.4, -0.2) is 6.54 Å². The highest BCUT2D eigenvalue weighted by Crippen LogP contribution is 2.47. The topological polar surface area (TPSA) is 25.2 Å². The van der Waals surface area contributed by atoms with Crippen molar-refractivity contribution < 1.29 is 4.42 Å². The third-order valence-electron chi connectivity index (χ3n) is 3.11. The second-order valence-corrected chi connectivity index (χ2v) is 5.23. The van der Waals surface area contributed by atoms with Crippen LogP contribution in [0.1, 0.15) is 38.5 Å². The number of nitrogens with one attached hydrogen (secondary N) is 1. The molecule has 0 radical (unpaired) electrons. The van der Waals surface area contributed by atoms with Crippen molar-refractivity contribution in [2.75, 3.05) is 6.54 Å². The fraction of sp³-hybridized carbons (Fsp3) is 0.667. The first-order valence-electron chi connectivity index (χ1n) is 5.71. The molecule has 0 aliphatic heterocycles. The molecule has 0 amide bonds. The van der Waals surface area contributed by atoms with Crippen LogP contribution in [0.2, 0.25) is 0 Å². The Kier molecular flexibility index (Phi) is 3.52. The molecular formula is C12H18BrNO. The Balaban J connectivity index is 2.04. The Labute approximate surface area is 99.6 Å². The van der Waals surface area contributed by atoms with E-state index in [1.54, 1.807) is 0 Å². The average Bonchev–Trinajstić information content (AvgIpc) is 2.75. The summed E-state index contributed by atoms with van der Waals surface area (Å²) in [5.41, 5.74) is 0. The zero-order valence-electron chi connectivity index (χ0n) is 9.29. The lowest BCUT2D eigenvalue weighted by Gasteiger charge is -2.15. The maximum absolute atomic E-state index is 5.65. The first-order valence-corrected chi connectivity index (χ1v) is 6.50. The second-order valence-electron chi connectivity index (χ2n) is 4.45. The van der Waals surface area contributed by atoms with Crippen LogP contribution in [0.4, 0.5) is 0 Å². The van der Waals surface area contributed by atoms with Crippen molar-refractivity contribution >= 4 is 15.9 Å². The molecule has 1 aliphatic carbocycles. The molecule has 1 aliphatic rings. The van der Waals surface area contributed by atoms with Crippen LogP contribution in [0, 0.1) is 11.8 Å². The van der Waals surface area contributed by atoms with Gasteiger partial charge in [-0.05, 0) is 59.3 Å². The van der Waals surface area contributed by atoms with Gasteiger partial charge in [-0.3, -0.25) is 0 Å². The number of rotatable bonds is 5. The van der Waals surface area contributed by atoms with Crippen LogP contribution in [0.3, 0.4) is 0 Å². The highest BCUT2D eigenvalue weighted by atomic mass is 79.9. The van der Waals surface area contributed by atoms with Crippen molar-refractivity contribution in [3.8, 4) is 0 Å². The van der Waals surface area contributed by atoms with E-state index in [9.17, 15) is 0 Å². The van der Waals surface area contributed by atoms with E-state index in [1.807, 2.05) is 6.07 Å². The Morgan fingerprint density at radius 1 is 1.60 bits per heavy atom. The van der Waals surface area contributed by atoms with Crippen molar-refractivity contribution in [2.24, 2.45) is 11.8 Å². The highest BCUT2D eigenvalue weighted by Gasteiger charge is 2.41. The zero-order chi connectivity index (χ0) is 10.8. The summed E-state index contributed by atoms with van der Waals surface area (Å²) in [5, 5.41) is 3.58. The molecule has 2 nitrogen and oxygen atoms in total. The molecule has 1 saturated carbocycles. The Hall–Kier alpha value is -0.280. The summed E-state index contributed by atoms with van der Waals surface area (Å²) >= 11 is 3.36. The molecule has 3 atom stereocenters. The third kappa shape index (κ3) is 2.64. The predicted octanol–water partition coefficient (Wildman–Crippen LogP) is 3.74. The van der Waals surface area contributed by atoms with Crippen molar-refractivity contribution in [3.63, 3.8) is 0 Å². The lowest BCUT2D eigenvalue weighted by molar-refractivity contribution is 0.366. The highest BCUT2D eigenvalue weighted by molar-refractivity contribution is 9.10. The fourth-order valence-corrected chi connectivity index (χ4v) is 2.39. The Morgan fingerprint density at radius 2 is 2.33 bits per heavy atom. The molecule has 0 bridgehead atoms. The molecule has 1 aromatic heterocycles. The van der Waals surface area contributed by atoms with E-state index in [-0.39, 0.29) is 0 Å². The van der Waals surface area contributed by atoms with Gasteiger partial charge in [0.25, 0.3) is 0 Å². The smallest absolute Gasteiger partial charge is 0.169 e. The fourth-order valence-electron chi connectivity index (χ4n) is 2.07. The van der Waals surface area contributed by atoms with Gasteiger partial charge in [-0.15, -0.1) is 0 Å². The van der Waals surface area contributed by atoms with Gasteiger partial charge in [0, 0.05) is 0 Å². The standard InChI is InChI=1S/C12H18BrNO/c1-3-6-14-12(9-7-8(9)2)10-4-5-11(13)15-10/h4-5,8-9,12,14H,3,6-7H2,1-2H3. The van der Waals surface area contributed by atoms with Crippen LogP contribution >= 0.6 is 15.9 Å². The minimum Gasteiger partial charge on any atom is -0.453 e. The number of furan rings is 1. The summed E-state index contributed by atoms with van der Waals surface area (Å²) in [6.07, 6.45) is 2.49. The molecule has 84 valence electrons. The van der Waals surface area contributed by atoms with Crippen LogP contribution in [0.15, 0.2) is 21.2 Å². The largest absolute Gasteiger partial charge is 0.453 e. The van der Waals surface area contributed by atoms with Crippen molar-refractivity contribution in [1.29, 1.82) is 0 Å². The van der Waals surface area contributed by atoms with Gasteiger partial charge in [-0.1, -0.05) is 13.8 Å². The molecule has 0 spiro atoms. The van der Waals surface area contributed by atoms with Gasteiger partial charge in [0.2, 0.25) is 0 Å². The molecule has 3 unspecified atom stereocenters. The first kappa shape index (κ1) is 11.2. The summed E-state index contributed by atoms with van der Waals surface area (Å²) in [6, 6.07) is 4.46. The maximum Gasteiger partial charge on any atom is 0.169 e. The van der Waals surface area contributed by atoms with Gasteiger partial charge in [0.05, 0.1) is 6.04 Å². The van der Waals surface area contributed by atoms with E-state index in [0.717, 1.165) is 28.8 Å². The number of hydrogen-bond donors (Lipinski definition) is 1. The Morgan fingerprint density at radius 3 is 2.80 bits per heavy atom. The molecule has 15 heavy (non-hydrogen) atoms. The first-order chi connectivity index (χ1) is 7.22. The molecule has 1 heterocycles. The van der Waals surface area contributed by atoms with Gasteiger partial charge in [-0.25, -0.2) is 0 Å². The summed E-state index contributed by atoms with van der Waals surface area (Å²) in [4.78, 5) is 0. The van der Waals surface area contributed by atoms with Gasteiger partial charge in [0.1, 0.15) is 5.76 Å². The van der Waals surface area contributed by atoms with Gasteiger partial charge in [-0.2, -0.15) is 0 Å². The zero-order valence-corrected chi connectivity index (χ0v) is 10.9. The number of hydrogen-bond acceptors (Lipinski definition) is 2. The lowest BCUT2D eigenvalue weighted by atomic mass is 10.1. The third-order valence-corrected chi connectivity index (χ3v) is 3.54. The van der Waals surface area contributed by atoms with Gasteiger partial charge < -0.3 is 9.73 Å². The molecule has 1 fully saturated rings. The van der Waals surface area contributed by atoms with Gasteiger partial charge in [0.15, 0.2) is 4.67 Å². The van der Waals surface area contributed by atoms with Crippen molar-refractivity contribution in [1.82, 2.24) is 5.32 Å². The minimum absolute atomic E-state index is 0.409. The van der Waals surface area contributed by atoms with E-state index in [0.29, 0.717) is 6.04 Å². The van der Waals surface area contributed by atoms with E-state index < -0.39 is 0 Å². The lowest BCUT2D eigenvalue weighted by Crippen LogP contribution is -2.23. The summed E-state index contributed by atoms with van der Waals surface area (Å²) < 4.78 is 6.47. The van der Waals surface area contributed by atoms with Crippen LogP contribution < -0.4 is 5.32 Å². The molecule has 0 aromatic carbocycles. The normalized spacial score (nSPS) is 26.6. The van der Waals surface area contributed by atoms with Crippen LogP contribution in [0.5, 0.6) is 0 Å². The van der Waals surface area contributed by atoms with E-state index in [2.05, 4.69) is 41.2 Å². The van der Waals surface area contributed by atoms with Crippen molar-refractivity contribution in [2.45, 2.75) is 32.7 Å². The second kappa shape index (κ2) is 4.71. The van der Waals surface area contributed by atoms with Gasteiger partial charge >= 0.3 is 0 Å². The van der Waals surface area contributed by atoms with E-state index >= 15 is 0 Å². The van der Waals surface area contributed by atoms with Crippen LogP contribution in [0.25, 0.3) is 0 Å². The maximum atomic E-state index is 5.65. The Bertz CT molecular complexity index is 323. The molecule has 1 N–H and O–H groups in total. The monoisotopic (exact) mass is 271 g/mol. The molecule has 3 heteroatoms. The van der Waals surface area contributed by atoms with E-state index in [1.165, 1.54) is 12.8 Å². The minimum atomic E-state index is 0.409. The molecule has 1 aromatic rings. The molecule has 0 saturated heterocycles.